The van der Waals surface area contributed by atoms with Gasteiger partial charge in [-0.3, -0.25) is 24.3 Å². The maximum absolute atomic E-state index is 13.1. The number of amides is 1. The van der Waals surface area contributed by atoms with Crippen molar-refractivity contribution < 1.29 is 23.5 Å². The number of halogens is 1. The Kier molecular flexibility index (Phi) is 7.60. The number of benzene rings is 1. The molecule has 0 unspecified atom stereocenters. The molecule has 8 nitrogen and oxygen atoms in total. The van der Waals surface area contributed by atoms with Gasteiger partial charge in [-0.2, -0.15) is 5.26 Å². The van der Waals surface area contributed by atoms with Crippen LogP contribution in [0.3, 0.4) is 0 Å². The normalized spacial score (nSPS) is 19.3. The molecule has 0 radical (unpaired) electrons. The number of carbonyl (C=O) groups is 3. The maximum atomic E-state index is 13.1. The van der Waals surface area contributed by atoms with Crippen molar-refractivity contribution in [1.82, 2.24) is 9.80 Å². The van der Waals surface area contributed by atoms with Gasteiger partial charge < -0.3 is 9.64 Å². The number of ether oxygens (including phenoxy) is 1. The molecule has 1 fully saturated rings. The van der Waals surface area contributed by atoms with Gasteiger partial charge in [0.05, 0.1) is 44.5 Å². The summed E-state index contributed by atoms with van der Waals surface area (Å²) in [7, 11) is 0. The SMILES string of the molecule is N#CCN(CC1=NC2=C(COCC2)C(=O)C1)C(=O)CN1CCC(C(=O)c2ccc(F)cc2)CC1. The van der Waals surface area contributed by atoms with E-state index < -0.39 is 0 Å². The van der Waals surface area contributed by atoms with Crippen LogP contribution in [-0.4, -0.2) is 78.9 Å². The lowest BCUT2D eigenvalue weighted by Gasteiger charge is -2.32. The zero-order chi connectivity index (χ0) is 24.1. The number of carbonyl (C=O) groups excluding carboxylic acids is 3. The van der Waals surface area contributed by atoms with Crippen LogP contribution in [0.1, 0.15) is 36.0 Å². The van der Waals surface area contributed by atoms with Crippen molar-refractivity contribution in [3.8, 4) is 6.07 Å². The molecule has 1 saturated heterocycles. The average molecular weight is 467 g/mol. The number of hydrogen-bond donors (Lipinski definition) is 0. The van der Waals surface area contributed by atoms with E-state index in [9.17, 15) is 24.0 Å². The number of hydrogen-bond acceptors (Lipinski definition) is 7. The van der Waals surface area contributed by atoms with Gasteiger partial charge in [0.25, 0.3) is 0 Å². The summed E-state index contributed by atoms with van der Waals surface area (Å²) in [6.07, 6.45) is 1.93. The van der Waals surface area contributed by atoms with Gasteiger partial charge in [0.15, 0.2) is 11.6 Å². The van der Waals surface area contributed by atoms with Crippen LogP contribution in [0.15, 0.2) is 40.5 Å². The van der Waals surface area contributed by atoms with Crippen molar-refractivity contribution in [2.24, 2.45) is 10.9 Å². The van der Waals surface area contributed by atoms with E-state index >= 15 is 0 Å². The molecule has 178 valence electrons. The first kappa shape index (κ1) is 23.9. The Bertz CT molecular complexity index is 1070. The summed E-state index contributed by atoms with van der Waals surface area (Å²) in [5.41, 5.74) is 2.44. The Hall–Kier alpha value is -3.22. The van der Waals surface area contributed by atoms with E-state index in [1.165, 1.54) is 29.2 Å². The average Bonchev–Trinajstić information content (AvgIpc) is 2.84. The van der Waals surface area contributed by atoms with Gasteiger partial charge in [-0.1, -0.05) is 0 Å². The van der Waals surface area contributed by atoms with Gasteiger partial charge in [0, 0.05) is 29.2 Å². The third-order valence-corrected chi connectivity index (χ3v) is 6.51. The number of piperidine rings is 1. The molecule has 0 N–H and O–H groups in total. The Morgan fingerprint density at radius 2 is 1.97 bits per heavy atom. The molecule has 1 amide bonds. The van der Waals surface area contributed by atoms with Gasteiger partial charge in [-0.05, 0) is 50.2 Å². The molecule has 0 spiro atoms. The quantitative estimate of drug-likeness (QED) is 0.451. The van der Waals surface area contributed by atoms with Crippen LogP contribution in [0.5, 0.6) is 0 Å². The minimum absolute atomic E-state index is 0.00107. The highest BCUT2D eigenvalue weighted by molar-refractivity contribution is 6.13. The summed E-state index contributed by atoms with van der Waals surface area (Å²) in [4.78, 5) is 46.1. The number of ketones is 2. The molecule has 0 aromatic heterocycles. The van der Waals surface area contributed by atoms with Gasteiger partial charge >= 0.3 is 0 Å². The predicted molar refractivity (Wildman–Crippen MR) is 122 cm³/mol. The number of likely N-dealkylation sites (tertiary alicyclic amines) is 1. The second-order valence-electron chi connectivity index (χ2n) is 8.84. The highest BCUT2D eigenvalue weighted by Crippen LogP contribution is 2.24. The highest BCUT2D eigenvalue weighted by atomic mass is 19.1. The Morgan fingerprint density at radius 1 is 1.24 bits per heavy atom. The summed E-state index contributed by atoms with van der Waals surface area (Å²) in [5, 5.41) is 9.23. The van der Waals surface area contributed by atoms with Crippen LogP contribution in [0.2, 0.25) is 0 Å². The first-order valence-corrected chi connectivity index (χ1v) is 11.5. The fourth-order valence-electron chi connectivity index (χ4n) is 4.59. The molecule has 1 aromatic carbocycles. The zero-order valence-electron chi connectivity index (χ0n) is 19.0. The molecular formula is C25H27FN4O4. The molecular weight excluding hydrogens is 439 g/mol. The Morgan fingerprint density at radius 3 is 2.68 bits per heavy atom. The third-order valence-electron chi connectivity index (χ3n) is 6.51. The van der Waals surface area contributed by atoms with E-state index in [0.717, 1.165) is 5.70 Å². The van der Waals surface area contributed by atoms with E-state index in [4.69, 9.17) is 4.74 Å². The van der Waals surface area contributed by atoms with Crippen LogP contribution in [0, 0.1) is 23.1 Å². The van der Waals surface area contributed by atoms with Crippen molar-refractivity contribution >= 4 is 23.2 Å². The van der Waals surface area contributed by atoms with Crippen LogP contribution in [0.4, 0.5) is 4.39 Å². The molecule has 3 aliphatic rings. The third kappa shape index (κ3) is 5.64. The lowest BCUT2D eigenvalue weighted by molar-refractivity contribution is -0.131. The topological polar surface area (TPSA) is 103 Å². The van der Waals surface area contributed by atoms with Crippen molar-refractivity contribution in [2.45, 2.75) is 25.7 Å². The molecule has 3 heterocycles. The molecule has 34 heavy (non-hydrogen) atoms. The minimum Gasteiger partial charge on any atom is -0.376 e. The lowest BCUT2D eigenvalue weighted by atomic mass is 9.89. The van der Waals surface area contributed by atoms with Crippen molar-refractivity contribution in [1.29, 1.82) is 5.26 Å². The molecule has 0 bridgehead atoms. The fourth-order valence-corrected chi connectivity index (χ4v) is 4.59. The molecule has 1 aromatic rings. The van der Waals surface area contributed by atoms with Crippen LogP contribution in [0.25, 0.3) is 0 Å². The van der Waals surface area contributed by atoms with E-state index in [1.54, 1.807) is 0 Å². The fraction of sp³-hybridized carbons (Fsp3) is 0.480. The predicted octanol–water partition coefficient (Wildman–Crippen LogP) is 2.16. The largest absolute Gasteiger partial charge is 0.376 e. The maximum Gasteiger partial charge on any atom is 0.237 e. The van der Waals surface area contributed by atoms with Crippen LogP contribution in [-0.2, 0) is 14.3 Å². The number of nitrogens with zero attached hydrogens (tertiary/aromatic N) is 4. The second kappa shape index (κ2) is 10.8. The molecule has 0 saturated carbocycles. The molecule has 9 heteroatoms. The number of rotatable bonds is 7. The summed E-state index contributed by atoms with van der Waals surface area (Å²) in [5.74, 6) is -0.764. The van der Waals surface area contributed by atoms with Gasteiger partial charge in [0.2, 0.25) is 5.91 Å². The minimum atomic E-state index is -0.375. The second-order valence-corrected chi connectivity index (χ2v) is 8.84. The van der Waals surface area contributed by atoms with E-state index in [-0.39, 0.29) is 61.9 Å². The Labute approximate surface area is 197 Å². The summed E-state index contributed by atoms with van der Waals surface area (Å²) >= 11 is 0. The molecule has 4 rings (SSSR count). The standard InChI is InChI=1S/C25H27FN4O4/c26-19-3-1-17(2-4-19)25(33)18-5-9-29(10-6-18)15-24(32)30(11-8-27)14-20-13-23(31)21-16-34-12-7-22(21)28-20/h1-4,18H,5-7,9-16H2. The number of nitriles is 1. The van der Waals surface area contributed by atoms with Crippen molar-refractivity contribution in [3.05, 3.63) is 46.9 Å². The van der Waals surface area contributed by atoms with Crippen molar-refractivity contribution in [2.75, 3.05) is 45.9 Å². The van der Waals surface area contributed by atoms with Gasteiger partial charge in [-0.15, -0.1) is 0 Å². The first-order valence-electron chi connectivity index (χ1n) is 11.5. The monoisotopic (exact) mass is 466 g/mol. The number of Topliss-reactive ketones (excluding diaryl/α,β-unsaturated/α-hetero) is 2. The van der Waals surface area contributed by atoms with Crippen molar-refractivity contribution in [3.63, 3.8) is 0 Å². The van der Waals surface area contributed by atoms with Crippen LogP contribution >= 0.6 is 0 Å². The lowest BCUT2D eigenvalue weighted by Crippen LogP contribution is -2.46. The zero-order valence-corrected chi connectivity index (χ0v) is 19.0. The highest BCUT2D eigenvalue weighted by Gasteiger charge is 2.30. The Balaban J connectivity index is 1.32. The van der Waals surface area contributed by atoms with E-state index in [2.05, 4.69) is 4.99 Å². The molecule has 0 aliphatic carbocycles. The van der Waals surface area contributed by atoms with E-state index in [0.29, 0.717) is 55.8 Å². The van der Waals surface area contributed by atoms with Crippen LogP contribution < -0.4 is 0 Å². The molecule has 0 atom stereocenters. The smallest absolute Gasteiger partial charge is 0.237 e. The summed E-state index contributed by atoms with van der Waals surface area (Å²) < 4.78 is 18.5. The summed E-state index contributed by atoms with van der Waals surface area (Å²) in [6, 6.07) is 7.61. The van der Waals surface area contributed by atoms with Gasteiger partial charge in [0.1, 0.15) is 12.4 Å². The number of aliphatic imine (C=N–C) groups is 1. The van der Waals surface area contributed by atoms with Gasteiger partial charge in [-0.25, -0.2) is 4.39 Å². The summed E-state index contributed by atoms with van der Waals surface area (Å²) in [6.45, 7) is 2.17. The first-order chi connectivity index (χ1) is 16.4. The molecule has 3 aliphatic heterocycles. The van der Waals surface area contributed by atoms with E-state index in [1.807, 2.05) is 11.0 Å².